The first kappa shape index (κ1) is 65.6. The topological polar surface area (TPSA) is 61.8 Å². The SMILES string of the molecule is CCCCC/C=C\C/C=C\CCCCCCCCCC(=O)OCC(COCCCCCCCCCC/C=C\CCCCCCCC)OC(=O)CCCCCCCCC/C=C\C/C=C\CCCCC. The van der Waals surface area contributed by atoms with Crippen LogP contribution in [0.2, 0.25) is 0 Å². The zero-order valence-corrected chi connectivity index (χ0v) is 45.6. The van der Waals surface area contributed by atoms with Crippen LogP contribution < -0.4 is 0 Å². The summed E-state index contributed by atoms with van der Waals surface area (Å²) in [6.45, 7) is 7.79. The van der Waals surface area contributed by atoms with Gasteiger partial charge in [0.05, 0.1) is 6.61 Å². The molecule has 0 rings (SSSR count). The largest absolute Gasteiger partial charge is 0.462 e. The molecule has 1 atom stereocenters. The summed E-state index contributed by atoms with van der Waals surface area (Å²) in [4.78, 5) is 25.6. The molecule has 68 heavy (non-hydrogen) atoms. The summed E-state index contributed by atoms with van der Waals surface area (Å²) >= 11 is 0. The summed E-state index contributed by atoms with van der Waals surface area (Å²) in [5, 5.41) is 0. The van der Waals surface area contributed by atoms with E-state index in [1.165, 1.54) is 205 Å². The summed E-state index contributed by atoms with van der Waals surface area (Å²) in [6.07, 6.45) is 75.2. The van der Waals surface area contributed by atoms with Gasteiger partial charge in [-0.3, -0.25) is 9.59 Å². The number of carbonyl (C=O) groups excluding carboxylic acids is 2. The summed E-state index contributed by atoms with van der Waals surface area (Å²) in [7, 11) is 0. The fraction of sp³-hybridized carbons (Fsp3) is 0.810. The van der Waals surface area contributed by atoms with Crippen LogP contribution in [0, 0.1) is 0 Å². The van der Waals surface area contributed by atoms with Crippen molar-refractivity contribution < 1.29 is 23.8 Å². The lowest BCUT2D eigenvalue weighted by atomic mass is 10.1. The van der Waals surface area contributed by atoms with Crippen LogP contribution in [0.25, 0.3) is 0 Å². The molecule has 0 spiro atoms. The van der Waals surface area contributed by atoms with Crippen LogP contribution in [-0.2, 0) is 23.8 Å². The Labute approximate surface area is 424 Å². The minimum atomic E-state index is -0.547. The van der Waals surface area contributed by atoms with Crippen molar-refractivity contribution in [2.75, 3.05) is 19.8 Å². The minimum Gasteiger partial charge on any atom is -0.462 e. The molecular formula is C63H114O5. The number of hydrogen-bond donors (Lipinski definition) is 0. The van der Waals surface area contributed by atoms with Gasteiger partial charge >= 0.3 is 11.9 Å². The van der Waals surface area contributed by atoms with E-state index in [9.17, 15) is 9.59 Å². The molecule has 0 aliphatic carbocycles. The standard InChI is InChI=1S/C63H114O5/c1-4-7-10-13-16-19-22-25-28-31-34-37-40-43-46-49-52-55-58-66-59-61(68-63(65)57-54-51-48-45-42-39-36-33-30-27-24-21-18-15-12-9-6-3)60-67-62(64)56-53-50-47-44-41-38-35-32-29-26-23-20-17-14-11-8-5-2/h17-18,20-21,25-30,61H,4-16,19,22-24,31-60H2,1-3H3/b20-17-,21-18-,28-25-,29-26-,30-27-. The van der Waals surface area contributed by atoms with E-state index in [4.69, 9.17) is 14.2 Å². The second kappa shape index (κ2) is 58.9. The number of esters is 2. The van der Waals surface area contributed by atoms with Gasteiger partial charge in [0.1, 0.15) is 6.61 Å². The van der Waals surface area contributed by atoms with Gasteiger partial charge in [-0.15, -0.1) is 0 Å². The highest BCUT2D eigenvalue weighted by atomic mass is 16.6. The number of allylic oxidation sites excluding steroid dienone is 10. The Kier molecular flexibility index (Phi) is 56.8. The lowest BCUT2D eigenvalue weighted by Gasteiger charge is -2.18. The molecule has 0 bridgehead atoms. The van der Waals surface area contributed by atoms with Crippen LogP contribution in [0.3, 0.4) is 0 Å². The first-order valence-electron chi connectivity index (χ1n) is 29.8. The number of ether oxygens (including phenoxy) is 3. The van der Waals surface area contributed by atoms with Gasteiger partial charge in [0, 0.05) is 19.4 Å². The van der Waals surface area contributed by atoms with Gasteiger partial charge < -0.3 is 14.2 Å². The fourth-order valence-electron chi connectivity index (χ4n) is 8.51. The molecule has 0 heterocycles. The molecule has 0 fully saturated rings. The molecule has 0 aromatic rings. The van der Waals surface area contributed by atoms with Gasteiger partial charge in [0.2, 0.25) is 0 Å². The van der Waals surface area contributed by atoms with Crippen LogP contribution in [-0.4, -0.2) is 37.9 Å². The highest BCUT2D eigenvalue weighted by molar-refractivity contribution is 5.70. The Hall–Kier alpha value is -2.40. The van der Waals surface area contributed by atoms with Gasteiger partial charge in [0.25, 0.3) is 0 Å². The predicted molar refractivity (Wildman–Crippen MR) is 298 cm³/mol. The van der Waals surface area contributed by atoms with Crippen molar-refractivity contribution >= 4 is 11.9 Å². The van der Waals surface area contributed by atoms with E-state index in [2.05, 4.69) is 81.5 Å². The first-order valence-corrected chi connectivity index (χ1v) is 29.8. The van der Waals surface area contributed by atoms with Gasteiger partial charge in [0.15, 0.2) is 6.10 Å². The van der Waals surface area contributed by atoms with Crippen molar-refractivity contribution in [3.05, 3.63) is 60.8 Å². The number of carbonyl (C=O) groups is 2. The second-order valence-corrected chi connectivity index (χ2v) is 19.9. The highest BCUT2D eigenvalue weighted by Crippen LogP contribution is 2.15. The van der Waals surface area contributed by atoms with E-state index in [1.807, 2.05) is 0 Å². The maximum atomic E-state index is 12.9. The summed E-state index contributed by atoms with van der Waals surface area (Å²) in [6, 6.07) is 0. The number of rotatable bonds is 55. The lowest BCUT2D eigenvalue weighted by Crippen LogP contribution is -2.30. The van der Waals surface area contributed by atoms with E-state index < -0.39 is 6.10 Å². The quantitative estimate of drug-likeness (QED) is 0.0345. The zero-order valence-electron chi connectivity index (χ0n) is 45.6. The second-order valence-electron chi connectivity index (χ2n) is 19.9. The summed E-state index contributed by atoms with van der Waals surface area (Å²) in [5.41, 5.74) is 0. The maximum Gasteiger partial charge on any atom is 0.306 e. The smallest absolute Gasteiger partial charge is 0.306 e. The predicted octanol–water partition coefficient (Wildman–Crippen LogP) is 20.5. The van der Waals surface area contributed by atoms with Crippen LogP contribution in [0.15, 0.2) is 60.8 Å². The molecule has 0 radical (unpaired) electrons. The van der Waals surface area contributed by atoms with E-state index in [0.29, 0.717) is 19.4 Å². The third kappa shape index (κ3) is 56.2. The van der Waals surface area contributed by atoms with Gasteiger partial charge in [-0.25, -0.2) is 0 Å². The molecule has 1 unspecified atom stereocenters. The van der Waals surface area contributed by atoms with Crippen molar-refractivity contribution in [3.8, 4) is 0 Å². The first-order chi connectivity index (χ1) is 33.6. The van der Waals surface area contributed by atoms with Crippen LogP contribution >= 0.6 is 0 Å². The van der Waals surface area contributed by atoms with Crippen molar-refractivity contribution in [1.82, 2.24) is 0 Å². The van der Waals surface area contributed by atoms with E-state index in [0.717, 1.165) is 64.2 Å². The van der Waals surface area contributed by atoms with E-state index >= 15 is 0 Å². The molecule has 0 aliphatic heterocycles. The molecule has 0 N–H and O–H groups in total. The maximum absolute atomic E-state index is 12.9. The molecule has 396 valence electrons. The monoisotopic (exact) mass is 951 g/mol. The zero-order chi connectivity index (χ0) is 49.2. The van der Waals surface area contributed by atoms with E-state index in [-0.39, 0.29) is 25.2 Å². The third-order valence-electron chi connectivity index (χ3n) is 13.0. The Balaban J connectivity index is 4.29. The average Bonchev–Trinajstić information content (AvgIpc) is 3.34. The Morgan fingerprint density at radius 1 is 0.324 bits per heavy atom. The Morgan fingerprint density at radius 2 is 0.618 bits per heavy atom. The molecular weight excluding hydrogens is 837 g/mol. The molecule has 5 nitrogen and oxygen atoms in total. The van der Waals surface area contributed by atoms with E-state index in [1.54, 1.807) is 0 Å². The van der Waals surface area contributed by atoms with Crippen molar-refractivity contribution in [1.29, 1.82) is 0 Å². The molecule has 0 aliphatic rings. The van der Waals surface area contributed by atoms with Crippen molar-refractivity contribution in [3.63, 3.8) is 0 Å². The van der Waals surface area contributed by atoms with Gasteiger partial charge in [-0.2, -0.15) is 0 Å². The number of hydrogen-bond acceptors (Lipinski definition) is 5. The summed E-state index contributed by atoms with van der Waals surface area (Å²) < 4.78 is 17.5. The molecule has 5 heteroatoms. The van der Waals surface area contributed by atoms with Crippen LogP contribution in [0.5, 0.6) is 0 Å². The highest BCUT2D eigenvalue weighted by Gasteiger charge is 2.17. The van der Waals surface area contributed by atoms with Crippen molar-refractivity contribution in [2.24, 2.45) is 0 Å². The molecule has 0 aromatic carbocycles. The molecule has 0 amide bonds. The summed E-state index contributed by atoms with van der Waals surface area (Å²) in [5.74, 6) is -0.405. The normalized spacial score (nSPS) is 12.6. The Morgan fingerprint density at radius 3 is 1.01 bits per heavy atom. The van der Waals surface area contributed by atoms with Gasteiger partial charge in [-0.05, 0) is 109 Å². The average molecular weight is 952 g/mol. The molecule has 0 saturated heterocycles. The lowest BCUT2D eigenvalue weighted by molar-refractivity contribution is -0.163. The minimum absolute atomic E-state index is 0.0775. The molecule has 0 aromatic heterocycles. The van der Waals surface area contributed by atoms with Gasteiger partial charge in [-0.1, -0.05) is 242 Å². The Bertz CT molecular complexity index is 1170. The van der Waals surface area contributed by atoms with Crippen molar-refractivity contribution in [2.45, 2.75) is 309 Å². The molecule has 0 saturated carbocycles. The fourth-order valence-corrected chi connectivity index (χ4v) is 8.51. The van der Waals surface area contributed by atoms with Crippen LogP contribution in [0.1, 0.15) is 303 Å². The van der Waals surface area contributed by atoms with Crippen LogP contribution in [0.4, 0.5) is 0 Å². The number of unbranched alkanes of at least 4 members (excludes halogenated alkanes) is 34. The third-order valence-corrected chi connectivity index (χ3v) is 13.0.